The van der Waals surface area contributed by atoms with Gasteiger partial charge in [-0.15, -0.1) is 5.10 Å². The Labute approximate surface area is 225 Å². The van der Waals surface area contributed by atoms with Gasteiger partial charge in [-0.05, 0) is 56.6 Å². The van der Waals surface area contributed by atoms with Crippen LogP contribution in [0.1, 0.15) is 43.5 Å². The molecule has 0 amide bonds. The third-order valence-electron chi connectivity index (χ3n) is 8.03. The van der Waals surface area contributed by atoms with Crippen molar-refractivity contribution in [2.75, 3.05) is 13.2 Å². The number of fused-ring (bicyclic) bond motifs is 1. The second kappa shape index (κ2) is 10.8. The van der Waals surface area contributed by atoms with E-state index in [1.807, 2.05) is 19.1 Å². The third-order valence-corrected chi connectivity index (χ3v) is 8.03. The zero-order valence-corrected chi connectivity index (χ0v) is 22.0. The molecule has 0 aromatic carbocycles. The predicted octanol–water partition coefficient (Wildman–Crippen LogP) is 2.99. The number of aromatic nitrogens is 6. The van der Waals surface area contributed by atoms with Crippen molar-refractivity contribution in [2.45, 2.75) is 57.8 Å². The third kappa shape index (κ3) is 5.38. The van der Waals surface area contributed by atoms with Gasteiger partial charge in [0.25, 0.3) is 0 Å². The Balaban J connectivity index is 1.11. The number of nitrogens with zero attached hydrogens (tertiary/aromatic N) is 6. The number of ether oxygens (including phenoxy) is 4. The molecule has 4 heterocycles. The van der Waals surface area contributed by atoms with Gasteiger partial charge in [-0.2, -0.15) is 4.98 Å². The van der Waals surface area contributed by atoms with E-state index in [9.17, 15) is 9.90 Å². The molecule has 3 aliphatic rings. The van der Waals surface area contributed by atoms with Gasteiger partial charge < -0.3 is 24.1 Å². The van der Waals surface area contributed by atoms with Crippen LogP contribution in [0.25, 0.3) is 11.4 Å². The molecule has 0 unspecified atom stereocenters. The predicted molar refractivity (Wildman–Crippen MR) is 136 cm³/mol. The van der Waals surface area contributed by atoms with Crippen LogP contribution in [0, 0.1) is 24.7 Å². The Bertz CT molecular complexity index is 1340. The molecule has 0 spiro atoms. The fourth-order valence-electron chi connectivity index (χ4n) is 6.03. The molecular weight excluding hydrogens is 504 g/mol. The fourth-order valence-corrected chi connectivity index (χ4v) is 6.03. The Hall–Kier alpha value is -3.80. The van der Waals surface area contributed by atoms with E-state index in [0.717, 1.165) is 43.5 Å². The Morgan fingerprint density at radius 3 is 2.82 bits per heavy atom. The van der Waals surface area contributed by atoms with Crippen molar-refractivity contribution in [3.63, 3.8) is 0 Å². The number of aliphatic carboxylic acids is 1. The van der Waals surface area contributed by atoms with Crippen molar-refractivity contribution in [1.82, 2.24) is 29.9 Å². The van der Waals surface area contributed by atoms with Crippen LogP contribution in [0.5, 0.6) is 17.6 Å². The minimum atomic E-state index is -0.680. The zero-order valence-electron chi connectivity index (χ0n) is 22.0. The van der Waals surface area contributed by atoms with Crippen molar-refractivity contribution >= 4 is 5.97 Å². The molecule has 3 aromatic heterocycles. The first-order chi connectivity index (χ1) is 18.9. The molecule has 3 aromatic rings. The van der Waals surface area contributed by atoms with Crippen LogP contribution in [0.3, 0.4) is 0 Å². The van der Waals surface area contributed by atoms with Gasteiger partial charge >= 0.3 is 12.0 Å². The van der Waals surface area contributed by atoms with Gasteiger partial charge in [0, 0.05) is 25.7 Å². The lowest BCUT2D eigenvalue weighted by atomic mass is 9.92. The Morgan fingerprint density at radius 2 is 2.03 bits per heavy atom. The normalized spacial score (nSPS) is 25.9. The van der Waals surface area contributed by atoms with E-state index in [1.165, 1.54) is 0 Å². The fraction of sp³-hybridized carbons (Fsp3) is 0.556. The van der Waals surface area contributed by atoms with Crippen LogP contribution in [0.15, 0.2) is 24.4 Å². The summed E-state index contributed by atoms with van der Waals surface area (Å²) in [4.78, 5) is 24.9. The van der Waals surface area contributed by atoms with E-state index in [1.54, 1.807) is 24.0 Å². The molecule has 12 heteroatoms. The van der Waals surface area contributed by atoms with E-state index in [-0.39, 0.29) is 36.7 Å². The molecule has 1 saturated heterocycles. The summed E-state index contributed by atoms with van der Waals surface area (Å²) in [6, 6.07) is 5.65. The minimum Gasteiger partial charge on any atom is -0.489 e. The molecule has 5 atom stereocenters. The summed E-state index contributed by atoms with van der Waals surface area (Å²) < 4.78 is 25.0. The summed E-state index contributed by atoms with van der Waals surface area (Å²) in [6.45, 7) is 3.28. The monoisotopic (exact) mass is 536 g/mol. The highest BCUT2D eigenvalue weighted by atomic mass is 16.6. The number of hydrogen-bond donors (Lipinski definition) is 1. The van der Waals surface area contributed by atoms with E-state index in [0.29, 0.717) is 42.1 Å². The SMILES string of the molecule is Cc1nc(-c2nnn(C)c2COc2nccc(O[C@@H]3CCOC3)n2)ccc1O[C@@H]1C[C@@H]2CC[C@@H](C(=O)O)[C@@H]2C1. The van der Waals surface area contributed by atoms with Gasteiger partial charge in [0.2, 0.25) is 5.88 Å². The first-order valence-corrected chi connectivity index (χ1v) is 13.4. The molecule has 0 bridgehead atoms. The number of carboxylic acid groups (broad SMARTS) is 1. The number of pyridine rings is 1. The second-order valence-electron chi connectivity index (χ2n) is 10.5. The van der Waals surface area contributed by atoms with Crippen molar-refractivity contribution in [3.8, 4) is 29.0 Å². The largest absolute Gasteiger partial charge is 0.489 e. The molecule has 1 aliphatic heterocycles. The number of hydrogen-bond acceptors (Lipinski definition) is 10. The lowest BCUT2D eigenvalue weighted by Crippen LogP contribution is -2.21. The highest BCUT2D eigenvalue weighted by Gasteiger charge is 2.47. The maximum Gasteiger partial charge on any atom is 0.320 e. The van der Waals surface area contributed by atoms with Crippen LogP contribution in [-0.4, -0.2) is 66.4 Å². The standard InChI is InChI=1S/C27H32N6O6/c1-15-23(38-18-11-16-3-4-19(26(34)35)20(16)12-18)6-5-21(29-15)25-22(33(2)32-31-25)14-37-27-28-9-7-24(30-27)39-17-8-10-36-13-17/h5-7,9,16-20H,3-4,8,10-14H2,1-2H3,(H,34,35)/t16-,17+,18+,19+,20+/m0/s1. The summed E-state index contributed by atoms with van der Waals surface area (Å²) in [5, 5.41) is 18.0. The molecule has 12 nitrogen and oxygen atoms in total. The van der Waals surface area contributed by atoms with Crippen molar-refractivity contribution in [1.29, 1.82) is 0 Å². The highest BCUT2D eigenvalue weighted by molar-refractivity contribution is 5.71. The minimum absolute atomic E-state index is 0.00918. The average molecular weight is 537 g/mol. The summed E-state index contributed by atoms with van der Waals surface area (Å²) >= 11 is 0. The van der Waals surface area contributed by atoms with Crippen LogP contribution in [0.4, 0.5) is 0 Å². The van der Waals surface area contributed by atoms with Gasteiger partial charge in [0.15, 0.2) is 0 Å². The van der Waals surface area contributed by atoms with E-state index >= 15 is 0 Å². The van der Waals surface area contributed by atoms with Gasteiger partial charge in [-0.3, -0.25) is 4.79 Å². The number of rotatable bonds is 9. The molecule has 2 aliphatic carbocycles. The Morgan fingerprint density at radius 1 is 1.13 bits per heavy atom. The van der Waals surface area contributed by atoms with E-state index in [4.69, 9.17) is 23.9 Å². The molecule has 3 fully saturated rings. The van der Waals surface area contributed by atoms with E-state index < -0.39 is 5.97 Å². The number of aryl methyl sites for hydroxylation is 2. The summed E-state index contributed by atoms with van der Waals surface area (Å²) in [6.07, 6.45) is 5.82. The summed E-state index contributed by atoms with van der Waals surface area (Å²) in [5.41, 5.74) is 2.71. The van der Waals surface area contributed by atoms with Crippen LogP contribution >= 0.6 is 0 Å². The summed E-state index contributed by atoms with van der Waals surface area (Å²) in [7, 11) is 1.79. The van der Waals surface area contributed by atoms with Crippen molar-refractivity contribution in [3.05, 3.63) is 35.8 Å². The average Bonchev–Trinajstić information content (AvgIpc) is 3.70. The van der Waals surface area contributed by atoms with Crippen LogP contribution in [0.2, 0.25) is 0 Å². The molecule has 1 N–H and O–H groups in total. The van der Waals surface area contributed by atoms with Gasteiger partial charge in [-0.1, -0.05) is 5.21 Å². The van der Waals surface area contributed by atoms with Gasteiger partial charge in [0.1, 0.15) is 29.8 Å². The van der Waals surface area contributed by atoms with E-state index in [2.05, 4.69) is 20.3 Å². The molecule has 6 rings (SSSR count). The lowest BCUT2D eigenvalue weighted by Gasteiger charge is -2.18. The van der Waals surface area contributed by atoms with Gasteiger partial charge in [-0.25, -0.2) is 14.6 Å². The lowest BCUT2D eigenvalue weighted by molar-refractivity contribution is -0.143. The van der Waals surface area contributed by atoms with Crippen molar-refractivity contribution in [2.24, 2.45) is 24.8 Å². The second-order valence-corrected chi connectivity index (χ2v) is 10.5. The highest BCUT2D eigenvalue weighted by Crippen LogP contribution is 2.48. The molecule has 206 valence electrons. The van der Waals surface area contributed by atoms with Crippen molar-refractivity contribution < 1.29 is 28.8 Å². The number of carbonyl (C=O) groups is 1. The summed E-state index contributed by atoms with van der Waals surface area (Å²) in [5.74, 6) is 0.853. The molecule has 2 saturated carbocycles. The molecule has 0 radical (unpaired) electrons. The smallest absolute Gasteiger partial charge is 0.320 e. The first kappa shape index (κ1) is 25.5. The quantitative estimate of drug-likeness (QED) is 0.431. The van der Waals surface area contributed by atoms with Crippen LogP contribution in [-0.2, 0) is 23.2 Å². The topological polar surface area (TPSA) is 144 Å². The first-order valence-electron chi connectivity index (χ1n) is 13.4. The Kier molecular flexibility index (Phi) is 7.03. The van der Waals surface area contributed by atoms with Crippen LogP contribution < -0.4 is 14.2 Å². The number of carboxylic acids is 1. The molecular formula is C27H32N6O6. The maximum atomic E-state index is 11.6. The maximum absolute atomic E-state index is 11.6. The zero-order chi connectivity index (χ0) is 26.9. The van der Waals surface area contributed by atoms with Gasteiger partial charge in [0.05, 0.1) is 36.6 Å². The molecule has 39 heavy (non-hydrogen) atoms.